The summed E-state index contributed by atoms with van der Waals surface area (Å²) in [6, 6.07) is 14.1. The molecule has 6 nitrogen and oxygen atoms in total. The number of fused-ring (bicyclic) bond motifs is 2. The van der Waals surface area contributed by atoms with E-state index in [1.54, 1.807) is 6.07 Å². The van der Waals surface area contributed by atoms with Crippen LogP contribution in [0, 0.1) is 17.3 Å². The zero-order valence-electron chi connectivity index (χ0n) is 20.6. The molecule has 2 aliphatic heterocycles. The van der Waals surface area contributed by atoms with E-state index in [0.29, 0.717) is 31.2 Å². The number of nitrogens with zero attached hydrogens (tertiary/aromatic N) is 1. The summed E-state index contributed by atoms with van der Waals surface area (Å²) in [6.45, 7) is 2.60. The zero-order chi connectivity index (χ0) is 24.3. The third-order valence-corrected chi connectivity index (χ3v) is 10.9. The summed E-state index contributed by atoms with van der Waals surface area (Å²) in [5.41, 5.74) is 1.77. The van der Waals surface area contributed by atoms with Gasteiger partial charge in [0.05, 0.1) is 5.92 Å². The third kappa shape index (κ3) is 2.52. The quantitative estimate of drug-likeness (QED) is 0.604. The maximum Gasteiger partial charge on any atom is 0.226 e. The molecule has 4 bridgehead atoms. The number of rotatable bonds is 5. The number of aliphatic hydroxyl groups is 1. The Morgan fingerprint density at radius 1 is 1.11 bits per heavy atom. The number of carbonyl (C=O) groups is 1. The Morgan fingerprint density at radius 3 is 2.75 bits per heavy atom. The molecular formula is C30H34N2O4. The molecule has 5 aliphatic carbocycles. The summed E-state index contributed by atoms with van der Waals surface area (Å²) in [6.07, 6.45) is 6.18. The fraction of sp³-hybridized carbons (Fsp3) is 0.567. The summed E-state index contributed by atoms with van der Waals surface area (Å²) in [7, 11) is 0. The van der Waals surface area contributed by atoms with Crippen LogP contribution in [0.5, 0.6) is 11.5 Å². The predicted molar refractivity (Wildman–Crippen MR) is 134 cm³/mol. The van der Waals surface area contributed by atoms with Gasteiger partial charge < -0.3 is 20.3 Å². The Labute approximate surface area is 211 Å². The number of amides is 1. The molecule has 2 aromatic rings. The number of hydrogen-bond donors (Lipinski definition) is 3. The van der Waals surface area contributed by atoms with Crippen molar-refractivity contribution in [2.24, 2.45) is 17.3 Å². The minimum atomic E-state index is -1.24. The summed E-state index contributed by atoms with van der Waals surface area (Å²) >= 11 is 0. The first-order valence-corrected chi connectivity index (χ1v) is 13.8. The highest BCUT2D eigenvalue weighted by atomic mass is 16.5. The maximum atomic E-state index is 13.8. The number of nitrogens with one attached hydrogen (secondary N) is 1. The minimum absolute atomic E-state index is 0.0725. The molecule has 6 unspecified atom stereocenters. The first-order chi connectivity index (χ1) is 17.5. The van der Waals surface area contributed by atoms with Gasteiger partial charge in [-0.05, 0) is 74.6 Å². The Bertz CT molecular complexity index is 1260. The van der Waals surface area contributed by atoms with Gasteiger partial charge in [-0.15, -0.1) is 0 Å². The van der Waals surface area contributed by atoms with Crippen LogP contribution in [0.1, 0.15) is 55.2 Å². The second kappa shape index (κ2) is 7.05. The smallest absolute Gasteiger partial charge is 0.226 e. The maximum absolute atomic E-state index is 13.8. The molecule has 3 N–H and O–H groups in total. The molecule has 4 saturated carbocycles. The highest BCUT2D eigenvalue weighted by molar-refractivity contribution is 5.81. The Morgan fingerprint density at radius 2 is 1.94 bits per heavy atom. The third-order valence-electron chi connectivity index (χ3n) is 10.9. The monoisotopic (exact) mass is 486 g/mol. The van der Waals surface area contributed by atoms with Crippen molar-refractivity contribution in [3.8, 4) is 11.5 Å². The number of hydrogen-bond acceptors (Lipinski definition) is 5. The average molecular weight is 487 g/mol. The number of phenolic OH excluding ortho intramolecular Hbond substituents is 1. The normalized spacial score (nSPS) is 39.4. The first-order valence-electron chi connectivity index (χ1n) is 13.8. The van der Waals surface area contributed by atoms with Crippen molar-refractivity contribution < 1.29 is 19.7 Å². The van der Waals surface area contributed by atoms with E-state index in [1.165, 1.54) is 18.4 Å². The van der Waals surface area contributed by atoms with Crippen molar-refractivity contribution in [2.45, 2.75) is 74.7 Å². The summed E-state index contributed by atoms with van der Waals surface area (Å²) < 4.78 is 6.61. The van der Waals surface area contributed by atoms with Crippen LogP contribution in [-0.2, 0) is 23.2 Å². The molecule has 0 radical (unpaired) electrons. The van der Waals surface area contributed by atoms with Gasteiger partial charge in [-0.25, -0.2) is 0 Å². The van der Waals surface area contributed by atoms with Crippen LogP contribution < -0.4 is 10.1 Å². The number of aromatic hydroxyl groups is 1. The van der Waals surface area contributed by atoms with Crippen LogP contribution in [0.25, 0.3) is 0 Å². The standard InChI is InChI=1S/C30H34N2O4/c33-22-9-8-20-14-23-28-10-11-30(35,21(15-28)26(34)31-16-18-4-2-1-3-5-18)27-29(28,24(20)25(22)36-27)12-13-32(23)17-19-6-7-19/h1-5,8-9,19,21,23,27,33,35H,6-7,10-17H2,(H,31,34). The van der Waals surface area contributed by atoms with Gasteiger partial charge in [0, 0.05) is 35.5 Å². The molecule has 5 fully saturated rings. The number of piperidine rings is 1. The van der Waals surface area contributed by atoms with Gasteiger partial charge in [-0.1, -0.05) is 36.4 Å². The van der Waals surface area contributed by atoms with Gasteiger partial charge in [-0.3, -0.25) is 9.69 Å². The van der Waals surface area contributed by atoms with E-state index < -0.39 is 17.6 Å². The van der Waals surface area contributed by atoms with E-state index in [0.717, 1.165) is 49.4 Å². The van der Waals surface area contributed by atoms with Gasteiger partial charge in [0.1, 0.15) is 11.7 Å². The molecule has 2 spiro atoms. The van der Waals surface area contributed by atoms with Crippen LogP contribution in [0.2, 0.25) is 0 Å². The molecule has 6 atom stereocenters. The fourth-order valence-corrected chi connectivity index (χ4v) is 9.28. The second-order valence-electron chi connectivity index (χ2n) is 12.4. The molecule has 2 heterocycles. The van der Waals surface area contributed by atoms with Crippen molar-refractivity contribution in [1.82, 2.24) is 10.2 Å². The van der Waals surface area contributed by atoms with Crippen LogP contribution >= 0.6 is 0 Å². The van der Waals surface area contributed by atoms with E-state index in [9.17, 15) is 15.0 Å². The van der Waals surface area contributed by atoms with E-state index >= 15 is 0 Å². The molecule has 36 heavy (non-hydrogen) atoms. The number of ether oxygens (including phenoxy) is 1. The van der Waals surface area contributed by atoms with Crippen molar-refractivity contribution >= 4 is 5.91 Å². The van der Waals surface area contributed by atoms with Gasteiger partial charge in [-0.2, -0.15) is 0 Å². The molecule has 7 aliphatic rings. The summed E-state index contributed by atoms with van der Waals surface area (Å²) in [4.78, 5) is 16.5. The molecule has 9 rings (SSSR count). The van der Waals surface area contributed by atoms with Crippen molar-refractivity contribution in [3.63, 3.8) is 0 Å². The largest absolute Gasteiger partial charge is 0.504 e. The fourth-order valence-electron chi connectivity index (χ4n) is 9.28. The van der Waals surface area contributed by atoms with Crippen LogP contribution in [0.3, 0.4) is 0 Å². The number of phenols is 1. The lowest BCUT2D eigenvalue weighted by Crippen LogP contribution is -2.81. The topological polar surface area (TPSA) is 82.0 Å². The first kappa shape index (κ1) is 21.5. The number of likely N-dealkylation sites (tertiary alicyclic amines) is 1. The average Bonchev–Trinajstić information content (AvgIpc) is 3.63. The van der Waals surface area contributed by atoms with Gasteiger partial charge in [0.15, 0.2) is 11.5 Å². The van der Waals surface area contributed by atoms with Gasteiger partial charge >= 0.3 is 0 Å². The second-order valence-corrected chi connectivity index (χ2v) is 12.4. The van der Waals surface area contributed by atoms with E-state index in [1.807, 2.05) is 30.3 Å². The van der Waals surface area contributed by atoms with Crippen molar-refractivity contribution in [1.29, 1.82) is 0 Å². The Balaban J connectivity index is 1.23. The van der Waals surface area contributed by atoms with E-state index in [4.69, 9.17) is 4.74 Å². The Hall–Kier alpha value is -2.57. The lowest BCUT2D eigenvalue weighted by molar-refractivity contribution is -0.264. The highest BCUT2D eigenvalue weighted by Gasteiger charge is 2.81. The van der Waals surface area contributed by atoms with Crippen LogP contribution in [-0.4, -0.2) is 51.9 Å². The molecule has 1 saturated heterocycles. The lowest BCUT2D eigenvalue weighted by atomic mass is 9.35. The van der Waals surface area contributed by atoms with Crippen LogP contribution in [0.4, 0.5) is 0 Å². The molecule has 188 valence electrons. The number of benzene rings is 2. The Kier molecular flexibility index (Phi) is 4.21. The summed E-state index contributed by atoms with van der Waals surface area (Å²) in [5, 5.41) is 26.4. The molecular weight excluding hydrogens is 452 g/mol. The van der Waals surface area contributed by atoms with Crippen LogP contribution in [0.15, 0.2) is 42.5 Å². The minimum Gasteiger partial charge on any atom is -0.504 e. The predicted octanol–water partition coefficient (Wildman–Crippen LogP) is 3.28. The van der Waals surface area contributed by atoms with Gasteiger partial charge in [0.25, 0.3) is 0 Å². The molecule has 0 aromatic heterocycles. The van der Waals surface area contributed by atoms with Crippen molar-refractivity contribution in [3.05, 3.63) is 59.2 Å². The van der Waals surface area contributed by atoms with Crippen molar-refractivity contribution in [2.75, 3.05) is 13.1 Å². The van der Waals surface area contributed by atoms with E-state index in [-0.39, 0.29) is 22.5 Å². The van der Waals surface area contributed by atoms with E-state index in [2.05, 4.69) is 16.3 Å². The summed E-state index contributed by atoms with van der Waals surface area (Å²) in [5.74, 6) is 0.948. The highest BCUT2D eigenvalue weighted by Crippen LogP contribution is 2.76. The van der Waals surface area contributed by atoms with Gasteiger partial charge in [0.2, 0.25) is 5.91 Å². The molecule has 1 amide bonds. The molecule has 6 heteroatoms. The zero-order valence-corrected chi connectivity index (χ0v) is 20.6. The SMILES string of the molecule is O=C(NCc1ccccc1)C1CC23CCC1(O)C1Oc4c(O)ccc5c4C12CCN(CC1CC1)C3C5. The molecule has 2 aromatic carbocycles. The lowest BCUT2D eigenvalue weighted by Gasteiger charge is -2.73. The number of carbonyl (C=O) groups excluding carboxylic acids is 1.